The van der Waals surface area contributed by atoms with Crippen LogP contribution in [-0.2, 0) is 11.2 Å². The number of para-hydroxylation sites is 1. The van der Waals surface area contributed by atoms with Crippen LogP contribution in [0.5, 0.6) is 5.75 Å². The number of carbonyl (C=O) groups excluding carboxylic acids is 1. The maximum atomic E-state index is 12.0. The van der Waals surface area contributed by atoms with E-state index in [1.54, 1.807) is 0 Å². The van der Waals surface area contributed by atoms with Crippen LogP contribution in [0.25, 0.3) is 0 Å². The molecule has 0 saturated carbocycles. The Labute approximate surface area is 138 Å². The van der Waals surface area contributed by atoms with Gasteiger partial charge >= 0.3 is 0 Å². The van der Waals surface area contributed by atoms with Crippen molar-refractivity contribution in [3.8, 4) is 5.75 Å². The highest BCUT2D eigenvalue weighted by atomic mass is 16.5. The molecular formula is C20H25NO2. The number of rotatable bonds is 7. The summed E-state index contributed by atoms with van der Waals surface area (Å²) >= 11 is 0. The molecule has 1 N–H and O–H groups in total. The summed E-state index contributed by atoms with van der Waals surface area (Å²) in [7, 11) is 0. The van der Waals surface area contributed by atoms with E-state index in [9.17, 15) is 4.79 Å². The van der Waals surface area contributed by atoms with Crippen molar-refractivity contribution in [2.45, 2.75) is 39.5 Å². The number of nitrogens with one attached hydrogen (secondary N) is 1. The highest BCUT2D eigenvalue weighted by Crippen LogP contribution is 2.21. The van der Waals surface area contributed by atoms with Crippen LogP contribution in [0.1, 0.15) is 44.2 Å². The monoisotopic (exact) mass is 311 g/mol. The summed E-state index contributed by atoms with van der Waals surface area (Å²) in [6.07, 6.45) is 1.99. The molecule has 0 saturated heterocycles. The first-order valence-corrected chi connectivity index (χ1v) is 8.24. The van der Waals surface area contributed by atoms with Crippen LogP contribution in [-0.4, -0.2) is 12.5 Å². The SMILES string of the molecule is CCc1ccccc1NC(=O)COc1ccc([C@H](C)CC)cc1. The number of carbonyl (C=O) groups is 1. The van der Waals surface area contributed by atoms with Crippen molar-refractivity contribution < 1.29 is 9.53 Å². The fourth-order valence-corrected chi connectivity index (χ4v) is 2.41. The van der Waals surface area contributed by atoms with Gasteiger partial charge < -0.3 is 10.1 Å². The van der Waals surface area contributed by atoms with Crippen molar-refractivity contribution in [1.82, 2.24) is 0 Å². The minimum absolute atomic E-state index is 0.0146. The van der Waals surface area contributed by atoms with Gasteiger partial charge in [-0.25, -0.2) is 0 Å². The Balaban J connectivity index is 1.89. The van der Waals surface area contributed by atoms with Gasteiger partial charge in [0.05, 0.1) is 0 Å². The minimum Gasteiger partial charge on any atom is -0.484 e. The Bertz CT molecular complexity index is 634. The van der Waals surface area contributed by atoms with Crippen molar-refractivity contribution in [3.05, 3.63) is 59.7 Å². The molecule has 0 fully saturated rings. The Kier molecular flexibility index (Phi) is 6.21. The van der Waals surface area contributed by atoms with Crippen LogP contribution >= 0.6 is 0 Å². The fourth-order valence-electron chi connectivity index (χ4n) is 2.41. The van der Waals surface area contributed by atoms with Crippen LogP contribution in [0, 0.1) is 0 Å². The van der Waals surface area contributed by atoms with Crippen molar-refractivity contribution in [2.24, 2.45) is 0 Å². The average Bonchev–Trinajstić information content (AvgIpc) is 2.60. The number of hydrogen-bond acceptors (Lipinski definition) is 2. The molecule has 0 aromatic heterocycles. The zero-order valence-corrected chi connectivity index (χ0v) is 14.1. The molecule has 0 aliphatic rings. The lowest BCUT2D eigenvalue weighted by atomic mass is 9.99. The third kappa shape index (κ3) is 4.85. The van der Waals surface area contributed by atoms with Crippen molar-refractivity contribution >= 4 is 11.6 Å². The normalized spacial score (nSPS) is 11.8. The molecule has 3 nitrogen and oxygen atoms in total. The average molecular weight is 311 g/mol. The van der Waals surface area contributed by atoms with E-state index in [-0.39, 0.29) is 12.5 Å². The van der Waals surface area contributed by atoms with E-state index >= 15 is 0 Å². The van der Waals surface area contributed by atoms with E-state index in [4.69, 9.17) is 4.74 Å². The van der Waals surface area contributed by atoms with Gasteiger partial charge in [0.1, 0.15) is 5.75 Å². The van der Waals surface area contributed by atoms with Gasteiger partial charge in [0.2, 0.25) is 0 Å². The maximum Gasteiger partial charge on any atom is 0.262 e. The summed E-state index contributed by atoms with van der Waals surface area (Å²) in [5.41, 5.74) is 3.27. The van der Waals surface area contributed by atoms with Gasteiger partial charge in [-0.2, -0.15) is 0 Å². The number of hydrogen-bond donors (Lipinski definition) is 1. The summed E-state index contributed by atoms with van der Waals surface area (Å²) in [6, 6.07) is 15.8. The molecule has 0 heterocycles. The van der Waals surface area contributed by atoms with E-state index < -0.39 is 0 Å². The summed E-state index contributed by atoms with van der Waals surface area (Å²) in [5.74, 6) is 1.12. The van der Waals surface area contributed by atoms with Gasteiger partial charge in [0.25, 0.3) is 5.91 Å². The molecule has 122 valence electrons. The van der Waals surface area contributed by atoms with Gasteiger partial charge in [-0.3, -0.25) is 4.79 Å². The largest absolute Gasteiger partial charge is 0.484 e. The van der Waals surface area contributed by atoms with Gasteiger partial charge in [0, 0.05) is 5.69 Å². The molecule has 2 aromatic carbocycles. The van der Waals surface area contributed by atoms with Crippen molar-refractivity contribution in [2.75, 3.05) is 11.9 Å². The van der Waals surface area contributed by atoms with Crippen LogP contribution < -0.4 is 10.1 Å². The number of amides is 1. The molecule has 2 aromatic rings. The summed E-state index contributed by atoms with van der Waals surface area (Å²) in [6.45, 7) is 6.46. The van der Waals surface area contributed by atoms with Gasteiger partial charge in [-0.05, 0) is 48.1 Å². The second kappa shape index (κ2) is 8.37. The minimum atomic E-state index is -0.142. The Morgan fingerprint density at radius 2 is 1.78 bits per heavy atom. The molecule has 3 heteroatoms. The molecule has 0 bridgehead atoms. The second-order valence-corrected chi connectivity index (χ2v) is 5.73. The lowest BCUT2D eigenvalue weighted by Gasteiger charge is -2.12. The molecule has 0 aliphatic heterocycles. The van der Waals surface area contributed by atoms with Crippen LogP contribution in [0.4, 0.5) is 5.69 Å². The van der Waals surface area contributed by atoms with Crippen LogP contribution in [0.3, 0.4) is 0 Å². The smallest absolute Gasteiger partial charge is 0.262 e. The first-order valence-electron chi connectivity index (χ1n) is 8.24. The molecule has 1 amide bonds. The van der Waals surface area contributed by atoms with Crippen LogP contribution in [0.15, 0.2) is 48.5 Å². The lowest BCUT2D eigenvalue weighted by Crippen LogP contribution is -2.20. The molecule has 23 heavy (non-hydrogen) atoms. The van der Waals surface area contributed by atoms with Gasteiger partial charge in [-0.15, -0.1) is 0 Å². The molecule has 0 unspecified atom stereocenters. The summed E-state index contributed by atoms with van der Waals surface area (Å²) in [4.78, 5) is 12.0. The van der Waals surface area contributed by atoms with E-state index in [1.807, 2.05) is 36.4 Å². The fraction of sp³-hybridized carbons (Fsp3) is 0.350. The molecule has 2 rings (SSSR count). The number of aryl methyl sites for hydroxylation is 1. The Hall–Kier alpha value is -2.29. The third-order valence-electron chi connectivity index (χ3n) is 4.10. The first-order chi connectivity index (χ1) is 11.1. The number of anilines is 1. The van der Waals surface area contributed by atoms with Crippen molar-refractivity contribution in [1.29, 1.82) is 0 Å². The summed E-state index contributed by atoms with van der Waals surface area (Å²) < 4.78 is 5.57. The van der Waals surface area contributed by atoms with Gasteiger partial charge in [0.15, 0.2) is 6.61 Å². The lowest BCUT2D eigenvalue weighted by molar-refractivity contribution is -0.118. The second-order valence-electron chi connectivity index (χ2n) is 5.73. The topological polar surface area (TPSA) is 38.3 Å². The maximum absolute atomic E-state index is 12.0. The molecule has 0 radical (unpaired) electrons. The predicted molar refractivity (Wildman–Crippen MR) is 95.1 cm³/mol. The van der Waals surface area contributed by atoms with Crippen molar-refractivity contribution in [3.63, 3.8) is 0 Å². The zero-order valence-electron chi connectivity index (χ0n) is 14.1. The highest BCUT2D eigenvalue weighted by Gasteiger charge is 2.07. The molecule has 1 atom stereocenters. The predicted octanol–water partition coefficient (Wildman–Crippen LogP) is 4.78. The van der Waals surface area contributed by atoms with Gasteiger partial charge in [-0.1, -0.05) is 51.1 Å². The quantitative estimate of drug-likeness (QED) is 0.799. The van der Waals surface area contributed by atoms with E-state index in [0.29, 0.717) is 5.92 Å². The Morgan fingerprint density at radius 1 is 1.09 bits per heavy atom. The van der Waals surface area contributed by atoms with E-state index in [0.717, 1.165) is 29.8 Å². The highest BCUT2D eigenvalue weighted by molar-refractivity contribution is 5.92. The summed E-state index contributed by atoms with van der Waals surface area (Å²) in [5, 5.41) is 2.91. The standard InChI is InChI=1S/C20H25NO2/c1-4-15(3)17-10-12-18(13-11-17)23-14-20(22)21-19-9-7-6-8-16(19)5-2/h6-13,15H,4-5,14H2,1-3H3,(H,21,22)/t15-/m1/s1. The first kappa shape index (κ1) is 17.1. The molecule has 0 spiro atoms. The Morgan fingerprint density at radius 3 is 2.43 bits per heavy atom. The number of ether oxygens (including phenoxy) is 1. The molecule has 0 aliphatic carbocycles. The molecular weight excluding hydrogens is 286 g/mol. The van der Waals surface area contributed by atoms with E-state index in [2.05, 4.69) is 38.2 Å². The third-order valence-corrected chi connectivity index (χ3v) is 4.10. The van der Waals surface area contributed by atoms with E-state index in [1.165, 1.54) is 5.56 Å². The zero-order chi connectivity index (χ0) is 16.7. The van der Waals surface area contributed by atoms with Crippen LogP contribution in [0.2, 0.25) is 0 Å². The number of benzene rings is 2.